The van der Waals surface area contributed by atoms with Gasteiger partial charge < -0.3 is 0 Å². The van der Waals surface area contributed by atoms with Crippen LogP contribution in [0.1, 0.15) is 46.1 Å². The lowest BCUT2D eigenvalue weighted by molar-refractivity contribution is -0.660. The fraction of sp³-hybridized carbons (Fsp3) is 0.500. The molecule has 2 nitrogen and oxygen atoms in total. The molecule has 2 heterocycles. The zero-order valence-electron chi connectivity index (χ0n) is 13.3. The molecule has 20 heavy (non-hydrogen) atoms. The number of aryl methyl sites for hydroxylation is 1. The van der Waals surface area contributed by atoms with Crippen molar-refractivity contribution in [2.45, 2.75) is 51.5 Å². The van der Waals surface area contributed by atoms with Crippen molar-refractivity contribution in [1.29, 1.82) is 0 Å². The van der Waals surface area contributed by atoms with Gasteiger partial charge in [-0.05, 0) is 25.0 Å². The van der Waals surface area contributed by atoms with Crippen LogP contribution in [0.5, 0.6) is 0 Å². The standard InChI is InChI=1S/C18H25N2/c1-6-11-18(4)17(2,3)15-10-8-7-9-14(15)16-19(5)12-13-20(16)18/h7-10,12-13H,6,11H2,1-5H3/q+1. The molecule has 1 aromatic heterocycles. The van der Waals surface area contributed by atoms with Gasteiger partial charge in [0.25, 0.3) is 5.82 Å². The molecular formula is C18H25N2+. The van der Waals surface area contributed by atoms with Crippen LogP contribution in [-0.2, 0) is 18.0 Å². The summed E-state index contributed by atoms with van der Waals surface area (Å²) in [5.74, 6) is 1.33. The first-order chi connectivity index (χ1) is 9.43. The molecule has 0 bridgehead atoms. The molecule has 1 aromatic carbocycles. The number of rotatable bonds is 2. The summed E-state index contributed by atoms with van der Waals surface area (Å²) in [4.78, 5) is 0. The normalized spacial score (nSPS) is 23.2. The molecule has 1 aliphatic rings. The third-order valence-electron chi connectivity index (χ3n) is 5.46. The number of fused-ring (bicyclic) bond motifs is 3. The molecule has 1 atom stereocenters. The molecule has 106 valence electrons. The Morgan fingerprint density at radius 3 is 2.55 bits per heavy atom. The minimum absolute atomic E-state index is 0.118. The molecule has 2 aromatic rings. The molecular weight excluding hydrogens is 244 g/mol. The first kappa shape index (κ1) is 13.4. The van der Waals surface area contributed by atoms with Crippen molar-refractivity contribution in [2.75, 3.05) is 0 Å². The summed E-state index contributed by atoms with van der Waals surface area (Å²) in [6.07, 6.45) is 6.82. The van der Waals surface area contributed by atoms with Crippen LogP contribution in [0.15, 0.2) is 36.7 Å². The average molecular weight is 269 g/mol. The van der Waals surface area contributed by atoms with Crippen LogP contribution in [0.4, 0.5) is 0 Å². The highest BCUT2D eigenvalue weighted by atomic mass is 15.2. The first-order valence-corrected chi connectivity index (χ1v) is 7.61. The highest BCUT2D eigenvalue weighted by molar-refractivity contribution is 5.64. The number of benzene rings is 1. The maximum Gasteiger partial charge on any atom is 0.289 e. The monoisotopic (exact) mass is 269 g/mol. The number of aromatic nitrogens is 2. The second kappa shape index (κ2) is 4.21. The quantitative estimate of drug-likeness (QED) is 0.734. The molecule has 3 rings (SSSR count). The molecule has 0 spiro atoms. The van der Waals surface area contributed by atoms with E-state index in [1.165, 1.54) is 29.8 Å². The second-order valence-electron chi connectivity index (χ2n) is 6.80. The summed E-state index contributed by atoms with van der Waals surface area (Å²) in [6.45, 7) is 9.48. The van der Waals surface area contributed by atoms with Crippen molar-refractivity contribution >= 4 is 0 Å². The molecule has 2 heteroatoms. The lowest BCUT2D eigenvalue weighted by atomic mass is 9.63. The topological polar surface area (TPSA) is 8.81 Å². The molecule has 0 radical (unpaired) electrons. The summed E-state index contributed by atoms with van der Waals surface area (Å²) in [7, 11) is 2.15. The van der Waals surface area contributed by atoms with Gasteiger partial charge in [-0.25, -0.2) is 9.13 Å². The van der Waals surface area contributed by atoms with Gasteiger partial charge in [-0.2, -0.15) is 0 Å². The molecule has 0 fully saturated rings. The lowest BCUT2D eigenvalue weighted by Crippen LogP contribution is -2.52. The van der Waals surface area contributed by atoms with Gasteiger partial charge in [0.05, 0.1) is 12.6 Å². The fourth-order valence-electron chi connectivity index (χ4n) is 3.93. The average Bonchev–Trinajstić information content (AvgIpc) is 2.80. The smallest absolute Gasteiger partial charge is 0.233 e. The summed E-state index contributed by atoms with van der Waals surface area (Å²) >= 11 is 0. The highest BCUT2D eigenvalue weighted by Crippen LogP contribution is 2.50. The predicted octanol–water partition coefficient (Wildman–Crippen LogP) is 3.79. The molecule has 1 unspecified atom stereocenters. The zero-order chi connectivity index (χ0) is 14.5. The molecule has 1 aliphatic heterocycles. The summed E-state index contributed by atoms with van der Waals surface area (Å²) < 4.78 is 4.75. The van der Waals surface area contributed by atoms with Gasteiger partial charge in [0.15, 0.2) is 0 Å². The van der Waals surface area contributed by atoms with Gasteiger partial charge in [0, 0.05) is 5.41 Å². The van der Waals surface area contributed by atoms with Crippen molar-refractivity contribution < 1.29 is 4.57 Å². The van der Waals surface area contributed by atoms with Gasteiger partial charge in [-0.3, -0.25) is 0 Å². The zero-order valence-corrected chi connectivity index (χ0v) is 13.3. The van der Waals surface area contributed by atoms with Crippen LogP contribution in [0.3, 0.4) is 0 Å². The van der Waals surface area contributed by atoms with Crippen LogP contribution in [0.25, 0.3) is 11.4 Å². The second-order valence-corrected chi connectivity index (χ2v) is 6.80. The Labute approximate surface area is 122 Å². The van der Waals surface area contributed by atoms with Gasteiger partial charge >= 0.3 is 0 Å². The van der Waals surface area contributed by atoms with E-state index in [-0.39, 0.29) is 11.0 Å². The molecule has 0 saturated heterocycles. The maximum atomic E-state index is 2.50. The van der Waals surface area contributed by atoms with E-state index in [4.69, 9.17) is 0 Å². The van der Waals surface area contributed by atoms with Gasteiger partial charge in [0.1, 0.15) is 17.9 Å². The van der Waals surface area contributed by atoms with E-state index in [9.17, 15) is 0 Å². The lowest BCUT2D eigenvalue weighted by Gasteiger charge is -2.46. The maximum absolute atomic E-state index is 2.50. The van der Waals surface area contributed by atoms with Gasteiger partial charge in [-0.1, -0.05) is 45.4 Å². The first-order valence-electron chi connectivity index (χ1n) is 7.61. The van der Waals surface area contributed by atoms with E-state index in [0.717, 1.165) is 0 Å². The Balaban J connectivity index is 2.38. The fourth-order valence-corrected chi connectivity index (χ4v) is 3.93. The predicted molar refractivity (Wildman–Crippen MR) is 82.6 cm³/mol. The summed E-state index contributed by atoms with van der Waals surface area (Å²) in [5.41, 5.74) is 3.09. The van der Waals surface area contributed by atoms with Gasteiger partial charge in [-0.15, -0.1) is 0 Å². The van der Waals surface area contributed by atoms with E-state index in [0.29, 0.717) is 0 Å². The molecule has 0 N–H and O–H groups in total. The van der Waals surface area contributed by atoms with Crippen LogP contribution < -0.4 is 4.57 Å². The van der Waals surface area contributed by atoms with Crippen molar-refractivity contribution in [3.05, 3.63) is 42.2 Å². The van der Waals surface area contributed by atoms with Crippen LogP contribution in [0, 0.1) is 0 Å². The summed E-state index contributed by atoms with van der Waals surface area (Å²) in [6, 6.07) is 8.88. The van der Waals surface area contributed by atoms with E-state index in [1.54, 1.807) is 0 Å². The van der Waals surface area contributed by atoms with Crippen LogP contribution in [-0.4, -0.2) is 4.57 Å². The van der Waals surface area contributed by atoms with E-state index >= 15 is 0 Å². The third-order valence-corrected chi connectivity index (χ3v) is 5.46. The number of imidazole rings is 1. The van der Waals surface area contributed by atoms with E-state index < -0.39 is 0 Å². The van der Waals surface area contributed by atoms with E-state index in [2.05, 4.69) is 80.5 Å². The number of hydrogen-bond donors (Lipinski definition) is 0. The Kier molecular flexibility index (Phi) is 2.82. The Bertz CT molecular complexity index is 651. The van der Waals surface area contributed by atoms with Crippen LogP contribution >= 0.6 is 0 Å². The Morgan fingerprint density at radius 2 is 1.85 bits per heavy atom. The third kappa shape index (κ3) is 1.48. The molecule has 0 saturated carbocycles. The molecule has 0 aliphatic carbocycles. The Hall–Kier alpha value is -1.57. The number of hydrogen-bond acceptors (Lipinski definition) is 0. The van der Waals surface area contributed by atoms with Crippen molar-refractivity contribution in [3.63, 3.8) is 0 Å². The highest BCUT2D eigenvalue weighted by Gasteiger charge is 2.53. The largest absolute Gasteiger partial charge is 0.289 e. The van der Waals surface area contributed by atoms with Gasteiger partial charge in [0.2, 0.25) is 0 Å². The SMILES string of the molecule is CCCC1(C)n2cc[n+](C)c2-c2ccccc2C1(C)C. The van der Waals surface area contributed by atoms with Crippen LogP contribution in [0.2, 0.25) is 0 Å². The minimum atomic E-state index is 0.118. The summed E-state index contributed by atoms with van der Waals surface area (Å²) in [5, 5.41) is 0. The van der Waals surface area contributed by atoms with Crippen molar-refractivity contribution in [2.24, 2.45) is 7.05 Å². The van der Waals surface area contributed by atoms with Crippen molar-refractivity contribution in [1.82, 2.24) is 4.57 Å². The number of nitrogens with zero attached hydrogens (tertiary/aromatic N) is 2. The minimum Gasteiger partial charge on any atom is -0.233 e. The molecule has 0 amide bonds. The Morgan fingerprint density at radius 1 is 1.15 bits per heavy atom. The van der Waals surface area contributed by atoms with Crippen molar-refractivity contribution in [3.8, 4) is 11.4 Å². The van der Waals surface area contributed by atoms with E-state index in [1.807, 2.05) is 0 Å².